The highest BCUT2D eigenvalue weighted by atomic mass is 16.2. The van der Waals surface area contributed by atoms with E-state index < -0.39 is 0 Å². The van der Waals surface area contributed by atoms with Crippen molar-refractivity contribution >= 4 is 22.8 Å². The Morgan fingerprint density at radius 3 is 2.41 bits per heavy atom. The van der Waals surface area contributed by atoms with Gasteiger partial charge in [-0.15, -0.1) is 0 Å². The van der Waals surface area contributed by atoms with Crippen LogP contribution in [0.2, 0.25) is 0 Å². The summed E-state index contributed by atoms with van der Waals surface area (Å²) in [6.45, 7) is 9.19. The smallest absolute Gasteiger partial charge is 0.253 e. The third-order valence-corrected chi connectivity index (χ3v) is 6.32. The van der Waals surface area contributed by atoms with Gasteiger partial charge in [0.05, 0.1) is 17.3 Å². The van der Waals surface area contributed by atoms with Crippen molar-refractivity contribution in [1.82, 2.24) is 24.6 Å². The van der Waals surface area contributed by atoms with Gasteiger partial charge in [0.2, 0.25) is 0 Å². The second-order valence-electron chi connectivity index (χ2n) is 9.19. The summed E-state index contributed by atoms with van der Waals surface area (Å²) in [5, 5.41) is 5.59. The van der Waals surface area contributed by atoms with Gasteiger partial charge in [-0.1, -0.05) is 49.7 Å². The van der Waals surface area contributed by atoms with Crippen LogP contribution in [0.1, 0.15) is 47.9 Å². The molecule has 2 aromatic heterocycles. The van der Waals surface area contributed by atoms with Gasteiger partial charge < -0.3 is 9.80 Å². The summed E-state index contributed by atoms with van der Waals surface area (Å²) in [7, 11) is 0. The van der Waals surface area contributed by atoms with Crippen molar-refractivity contribution in [3.05, 3.63) is 77.7 Å². The predicted molar refractivity (Wildman–Crippen MR) is 135 cm³/mol. The highest BCUT2D eigenvalue weighted by Crippen LogP contribution is 2.28. The first-order chi connectivity index (χ1) is 16.5. The topological polar surface area (TPSA) is 67.2 Å². The Balaban J connectivity index is 1.46. The maximum absolute atomic E-state index is 13.1. The molecule has 7 nitrogen and oxygen atoms in total. The average Bonchev–Trinajstić information content (AvgIpc) is 3.13. The molecule has 7 heteroatoms. The highest BCUT2D eigenvalue weighted by Gasteiger charge is 2.24. The summed E-state index contributed by atoms with van der Waals surface area (Å²) in [4.78, 5) is 27.2. The van der Waals surface area contributed by atoms with E-state index in [9.17, 15) is 4.79 Å². The van der Waals surface area contributed by atoms with Crippen LogP contribution in [0.3, 0.4) is 0 Å². The van der Waals surface area contributed by atoms with Gasteiger partial charge in [0.1, 0.15) is 11.6 Å². The number of fused-ring (bicyclic) bond motifs is 1. The largest absolute Gasteiger partial charge is 0.354 e. The zero-order valence-corrected chi connectivity index (χ0v) is 20.0. The quantitative estimate of drug-likeness (QED) is 0.451. The van der Waals surface area contributed by atoms with Crippen molar-refractivity contribution in [2.24, 2.45) is 0 Å². The van der Waals surface area contributed by atoms with Crippen LogP contribution in [0.5, 0.6) is 0 Å². The van der Waals surface area contributed by atoms with E-state index in [-0.39, 0.29) is 11.8 Å². The zero-order valence-electron chi connectivity index (χ0n) is 20.0. The first-order valence-corrected chi connectivity index (χ1v) is 11.9. The minimum absolute atomic E-state index is 0.0921. The number of benzene rings is 2. The molecule has 0 spiro atoms. The average molecular weight is 455 g/mol. The number of rotatable bonds is 4. The first-order valence-electron chi connectivity index (χ1n) is 11.9. The van der Waals surface area contributed by atoms with Crippen molar-refractivity contribution in [3.63, 3.8) is 0 Å². The van der Waals surface area contributed by atoms with Gasteiger partial charge in [0, 0.05) is 37.7 Å². The lowest BCUT2D eigenvalue weighted by Crippen LogP contribution is -2.35. The van der Waals surface area contributed by atoms with Crippen LogP contribution in [0.25, 0.3) is 16.7 Å². The van der Waals surface area contributed by atoms with Crippen LogP contribution in [0.15, 0.2) is 60.8 Å². The van der Waals surface area contributed by atoms with Gasteiger partial charge in [-0.25, -0.2) is 14.6 Å². The van der Waals surface area contributed by atoms with Gasteiger partial charge in [-0.05, 0) is 37.6 Å². The number of hydrogen-bond donors (Lipinski definition) is 0. The summed E-state index contributed by atoms with van der Waals surface area (Å²) in [5.74, 6) is 1.99. The van der Waals surface area contributed by atoms with Crippen LogP contribution in [0, 0.1) is 6.92 Å². The molecule has 0 aliphatic carbocycles. The standard InChI is InChI=1S/C27H30N6O/c1-19(2)24-29-25(23-18-28-33(26(23)30-24)22-8-5-4-6-9-22)31-14-7-15-32(17-16-31)27(34)21-12-10-20(3)11-13-21/h4-6,8-13,18-19H,7,14-17H2,1-3H3. The molecule has 1 amide bonds. The van der Waals surface area contributed by atoms with Crippen LogP contribution in [-0.2, 0) is 0 Å². The fraction of sp³-hybridized carbons (Fsp3) is 0.333. The number of aryl methyl sites for hydroxylation is 1. The van der Waals surface area contributed by atoms with E-state index in [1.165, 1.54) is 0 Å². The Hall–Kier alpha value is -3.74. The SMILES string of the molecule is Cc1ccc(C(=O)N2CCCN(c3nc(C(C)C)nc4c3cnn4-c3ccccc3)CC2)cc1. The van der Waals surface area contributed by atoms with Gasteiger partial charge in [-0.2, -0.15) is 5.10 Å². The van der Waals surface area contributed by atoms with E-state index in [0.717, 1.165) is 65.5 Å². The van der Waals surface area contributed by atoms with Crippen molar-refractivity contribution in [3.8, 4) is 5.69 Å². The minimum Gasteiger partial charge on any atom is -0.354 e. The molecule has 174 valence electrons. The lowest BCUT2D eigenvalue weighted by molar-refractivity contribution is 0.0767. The molecule has 1 aliphatic rings. The van der Waals surface area contributed by atoms with E-state index in [1.807, 2.05) is 77.3 Å². The second-order valence-corrected chi connectivity index (χ2v) is 9.19. The van der Waals surface area contributed by atoms with Crippen molar-refractivity contribution in [1.29, 1.82) is 0 Å². The minimum atomic E-state index is 0.0921. The molecule has 1 fully saturated rings. The molecule has 0 unspecified atom stereocenters. The Morgan fingerprint density at radius 1 is 0.912 bits per heavy atom. The van der Waals surface area contributed by atoms with Crippen LogP contribution in [-0.4, -0.2) is 56.7 Å². The van der Waals surface area contributed by atoms with E-state index >= 15 is 0 Å². The number of para-hydroxylation sites is 1. The maximum Gasteiger partial charge on any atom is 0.253 e. The summed E-state index contributed by atoms with van der Waals surface area (Å²) in [6.07, 6.45) is 2.74. The summed E-state index contributed by atoms with van der Waals surface area (Å²) >= 11 is 0. The lowest BCUT2D eigenvalue weighted by Gasteiger charge is -2.24. The van der Waals surface area contributed by atoms with Crippen LogP contribution in [0.4, 0.5) is 5.82 Å². The molecule has 5 rings (SSSR count). The van der Waals surface area contributed by atoms with Crippen molar-refractivity contribution in [2.45, 2.75) is 33.1 Å². The van der Waals surface area contributed by atoms with E-state index in [0.29, 0.717) is 6.54 Å². The monoisotopic (exact) mass is 454 g/mol. The predicted octanol–water partition coefficient (Wildman–Crippen LogP) is 4.60. The van der Waals surface area contributed by atoms with Crippen molar-refractivity contribution < 1.29 is 4.79 Å². The molecule has 2 aromatic carbocycles. The summed E-state index contributed by atoms with van der Waals surface area (Å²) < 4.78 is 1.89. The number of nitrogens with zero attached hydrogens (tertiary/aromatic N) is 6. The van der Waals surface area contributed by atoms with Gasteiger partial charge in [0.15, 0.2) is 5.65 Å². The lowest BCUT2D eigenvalue weighted by atomic mass is 10.1. The Kier molecular flexibility index (Phi) is 6.01. The molecule has 34 heavy (non-hydrogen) atoms. The van der Waals surface area contributed by atoms with Gasteiger partial charge >= 0.3 is 0 Å². The first kappa shape index (κ1) is 22.1. The Bertz CT molecular complexity index is 1300. The fourth-order valence-electron chi connectivity index (χ4n) is 4.38. The zero-order chi connectivity index (χ0) is 23.7. The summed E-state index contributed by atoms with van der Waals surface area (Å²) in [5.41, 5.74) is 3.69. The number of carbonyl (C=O) groups excluding carboxylic acids is 1. The molecule has 0 atom stereocenters. The van der Waals surface area contributed by atoms with E-state index in [1.54, 1.807) is 0 Å². The molecule has 0 saturated carbocycles. The molecule has 1 saturated heterocycles. The number of carbonyl (C=O) groups is 1. The number of hydrogen-bond acceptors (Lipinski definition) is 5. The second kappa shape index (κ2) is 9.25. The molecule has 0 N–H and O–H groups in total. The van der Waals surface area contributed by atoms with Gasteiger partial charge in [-0.3, -0.25) is 4.79 Å². The molecule has 0 bridgehead atoms. The Labute approximate surface area is 200 Å². The van der Waals surface area contributed by atoms with E-state index in [4.69, 9.17) is 9.97 Å². The van der Waals surface area contributed by atoms with E-state index in [2.05, 4.69) is 23.8 Å². The normalized spacial score (nSPS) is 14.6. The Morgan fingerprint density at radius 2 is 1.68 bits per heavy atom. The third-order valence-electron chi connectivity index (χ3n) is 6.32. The van der Waals surface area contributed by atoms with Crippen molar-refractivity contribution in [2.75, 3.05) is 31.1 Å². The fourth-order valence-corrected chi connectivity index (χ4v) is 4.38. The number of anilines is 1. The molecule has 0 radical (unpaired) electrons. The maximum atomic E-state index is 13.1. The molecule has 4 aromatic rings. The third kappa shape index (κ3) is 4.25. The number of aromatic nitrogens is 4. The molecular weight excluding hydrogens is 424 g/mol. The summed E-state index contributed by atoms with van der Waals surface area (Å²) in [6, 6.07) is 17.9. The molecule has 1 aliphatic heterocycles. The van der Waals surface area contributed by atoms with Gasteiger partial charge in [0.25, 0.3) is 5.91 Å². The van der Waals surface area contributed by atoms with Crippen LogP contribution >= 0.6 is 0 Å². The molecular formula is C27H30N6O. The molecule has 3 heterocycles. The highest BCUT2D eigenvalue weighted by molar-refractivity contribution is 5.94. The van der Waals surface area contributed by atoms with Crippen LogP contribution < -0.4 is 4.90 Å². The number of amides is 1.